The highest BCUT2D eigenvalue weighted by molar-refractivity contribution is 6.30. The molecule has 0 atom stereocenters. The number of piperidine rings is 1. The van der Waals surface area contributed by atoms with Crippen molar-refractivity contribution in [3.63, 3.8) is 0 Å². The van der Waals surface area contributed by atoms with Gasteiger partial charge in [-0.25, -0.2) is 4.39 Å². The normalized spacial score (nSPS) is 16.6. The van der Waals surface area contributed by atoms with Crippen LogP contribution in [0.25, 0.3) is 0 Å². The molecule has 0 bridgehead atoms. The van der Waals surface area contributed by atoms with Gasteiger partial charge in [-0.3, -0.25) is 9.59 Å². The number of carbonyl (C=O) groups excluding carboxylic acids is 2. The van der Waals surface area contributed by atoms with E-state index in [0.717, 1.165) is 6.42 Å². The smallest absolute Gasteiger partial charge is 0.253 e. The zero-order valence-corrected chi connectivity index (χ0v) is 22.3. The van der Waals surface area contributed by atoms with E-state index in [4.69, 9.17) is 16.3 Å². The number of amides is 2. The van der Waals surface area contributed by atoms with Crippen LogP contribution in [0.2, 0.25) is 5.02 Å². The Hall–Kier alpha value is -3.38. The highest BCUT2D eigenvalue weighted by Crippen LogP contribution is 2.38. The van der Waals surface area contributed by atoms with Crippen LogP contribution in [-0.4, -0.2) is 47.9 Å². The van der Waals surface area contributed by atoms with Crippen LogP contribution in [0.4, 0.5) is 4.39 Å². The number of hydrogen-bond donors (Lipinski definition) is 0. The summed E-state index contributed by atoms with van der Waals surface area (Å²) in [6.45, 7) is 4.29. The minimum absolute atomic E-state index is 0.106. The first-order chi connectivity index (χ1) is 18.3. The number of ether oxygens (including phenoxy) is 1. The SMILES string of the molecule is Cc1ccc(C(=O)N2CCC(COc3cccc(Cl)c3)(CC(=O)N3CCc4ccccc4C3)CC2)cc1F. The molecule has 0 saturated carbocycles. The van der Waals surface area contributed by atoms with Gasteiger partial charge in [-0.05, 0) is 73.2 Å². The molecule has 2 amide bonds. The number of rotatable bonds is 6. The Morgan fingerprint density at radius 1 is 0.947 bits per heavy atom. The molecule has 0 aromatic heterocycles. The van der Waals surface area contributed by atoms with Gasteiger partial charge in [0.15, 0.2) is 0 Å². The van der Waals surface area contributed by atoms with E-state index in [1.54, 1.807) is 36.1 Å². The summed E-state index contributed by atoms with van der Waals surface area (Å²) in [6.07, 6.45) is 2.42. The van der Waals surface area contributed by atoms with Crippen molar-refractivity contribution in [1.29, 1.82) is 0 Å². The van der Waals surface area contributed by atoms with Crippen molar-refractivity contribution >= 4 is 23.4 Å². The second-order valence-electron chi connectivity index (χ2n) is 10.5. The highest BCUT2D eigenvalue weighted by atomic mass is 35.5. The fourth-order valence-corrected chi connectivity index (χ4v) is 5.58. The fourth-order valence-electron chi connectivity index (χ4n) is 5.40. The van der Waals surface area contributed by atoms with Crippen LogP contribution in [0.3, 0.4) is 0 Å². The van der Waals surface area contributed by atoms with E-state index >= 15 is 0 Å². The van der Waals surface area contributed by atoms with Gasteiger partial charge in [-0.2, -0.15) is 0 Å². The maximum atomic E-state index is 14.1. The van der Waals surface area contributed by atoms with Crippen LogP contribution in [0.15, 0.2) is 66.7 Å². The van der Waals surface area contributed by atoms with Gasteiger partial charge in [0.2, 0.25) is 5.91 Å². The first-order valence-corrected chi connectivity index (χ1v) is 13.5. The lowest BCUT2D eigenvalue weighted by Gasteiger charge is -2.42. The van der Waals surface area contributed by atoms with Gasteiger partial charge < -0.3 is 14.5 Å². The highest BCUT2D eigenvalue weighted by Gasteiger charge is 2.40. The summed E-state index contributed by atoms with van der Waals surface area (Å²) < 4.78 is 20.3. The molecule has 3 aromatic carbocycles. The number of fused-ring (bicyclic) bond motifs is 1. The summed E-state index contributed by atoms with van der Waals surface area (Å²) >= 11 is 6.15. The van der Waals surface area contributed by atoms with Crippen molar-refractivity contribution < 1.29 is 18.7 Å². The number of benzene rings is 3. The van der Waals surface area contributed by atoms with Crippen molar-refractivity contribution in [2.75, 3.05) is 26.2 Å². The first-order valence-electron chi connectivity index (χ1n) is 13.1. The number of carbonyl (C=O) groups is 2. The molecular weight excluding hydrogens is 503 g/mol. The molecule has 2 aliphatic heterocycles. The van der Waals surface area contributed by atoms with E-state index in [9.17, 15) is 14.0 Å². The zero-order chi connectivity index (χ0) is 26.7. The Morgan fingerprint density at radius 3 is 2.45 bits per heavy atom. The van der Waals surface area contributed by atoms with E-state index in [2.05, 4.69) is 12.1 Å². The number of nitrogens with zero attached hydrogens (tertiary/aromatic N) is 2. The molecule has 0 N–H and O–H groups in total. The maximum Gasteiger partial charge on any atom is 0.253 e. The Bertz CT molecular complexity index is 1340. The lowest BCUT2D eigenvalue weighted by molar-refractivity contribution is -0.136. The molecule has 2 aliphatic rings. The predicted octanol–water partition coefficient (Wildman–Crippen LogP) is 6.06. The van der Waals surface area contributed by atoms with E-state index in [0.29, 0.717) is 73.9 Å². The van der Waals surface area contributed by atoms with E-state index in [1.165, 1.54) is 17.2 Å². The lowest BCUT2D eigenvalue weighted by Crippen LogP contribution is -2.48. The van der Waals surface area contributed by atoms with Gasteiger partial charge in [-0.1, -0.05) is 48.0 Å². The predicted molar refractivity (Wildman–Crippen MR) is 146 cm³/mol. The Balaban J connectivity index is 1.30. The van der Waals surface area contributed by atoms with Crippen molar-refractivity contribution in [3.05, 3.63) is 99.8 Å². The average Bonchev–Trinajstić information content (AvgIpc) is 2.93. The Morgan fingerprint density at radius 2 is 1.71 bits per heavy atom. The number of halogens is 2. The molecule has 1 fully saturated rings. The minimum Gasteiger partial charge on any atom is -0.493 e. The molecule has 5 nitrogen and oxygen atoms in total. The van der Waals surface area contributed by atoms with Crippen LogP contribution in [0, 0.1) is 18.2 Å². The van der Waals surface area contributed by atoms with Gasteiger partial charge in [-0.15, -0.1) is 0 Å². The quantitative estimate of drug-likeness (QED) is 0.386. The summed E-state index contributed by atoms with van der Waals surface area (Å²) in [4.78, 5) is 30.4. The van der Waals surface area contributed by atoms with E-state index in [-0.39, 0.29) is 17.6 Å². The summed E-state index contributed by atoms with van der Waals surface area (Å²) in [5, 5.41) is 0.588. The summed E-state index contributed by atoms with van der Waals surface area (Å²) in [7, 11) is 0. The van der Waals surface area contributed by atoms with Gasteiger partial charge >= 0.3 is 0 Å². The lowest BCUT2D eigenvalue weighted by atomic mass is 9.75. The molecule has 2 heterocycles. The van der Waals surface area contributed by atoms with Crippen LogP contribution in [0.5, 0.6) is 5.75 Å². The van der Waals surface area contributed by atoms with Crippen LogP contribution < -0.4 is 4.74 Å². The second-order valence-corrected chi connectivity index (χ2v) is 10.9. The van der Waals surface area contributed by atoms with Gasteiger partial charge in [0, 0.05) is 48.6 Å². The second kappa shape index (κ2) is 11.2. The molecule has 7 heteroatoms. The molecule has 38 heavy (non-hydrogen) atoms. The largest absolute Gasteiger partial charge is 0.493 e. The molecular formula is C31H32ClFN2O3. The van der Waals surface area contributed by atoms with Crippen molar-refractivity contribution in [1.82, 2.24) is 9.80 Å². The zero-order valence-electron chi connectivity index (χ0n) is 21.6. The number of likely N-dealkylation sites (tertiary alicyclic amines) is 1. The third kappa shape index (κ3) is 5.86. The summed E-state index contributed by atoms with van der Waals surface area (Å²) in [6, 6.07) is 20.1. The molecule has 0 unspecified atom stereocenters. The maximum absolute atomic E-state index is 14.1. The molecule has 5 rings (SSSR count). The van der Waals surface area contributed by atoms with Gasteiger partial charge in [0.1, 0.15) is 11.6 Å². The third-order valence-electron chi connectivity index (χ3n) is 7.88. The Kier molecular flexibility index (Phi) is 7.70. The number of hydrogen-bond acceptors (Lipinski definition) is 3. The molecule has 3 aromatic rings. The van der Waals surface area contributed by atoms with Crippen molar-refractivity contribution in [2.24, 2.45) is 5.41 Å². The van der Waals surface area contributed by atoms with Crippen molar-refractivity contribution in [2.45, 2.75) is 39.2 Å². The van der Waals surface area contributed by atoms with E-state index < -0.39 is 5.41 Å². The van der Waals surface area contributed by atoms with Crippen molar-refractivity contribution in [3.8, 4) is 5.75 Å². The molecule has 1 saturated heterocycles. The van der Waals surface area contributed by atoms with Crippen LogP contribution >= 0.6 is 11.6 Å². The summed E-state index contributed by atoms with van der Waals surface area (Å²) in [5.74, 6) is 0.192. The minimum atomic E-state index is -0.425. The molecule has 0 aliphatic carbocycles. The van der Waals surface area contributed by atoms with Gasteiger partial charge in [0.25, 0.3) is 5.91 Å². The third-order valence-corrected chi connectivity index (χ3v) is 8.12. The molecule has 198 valence electrons. The van der Waals surface area contributed by atoms with Crippen LogP contribution in [-0.2, 0) is 17.8 Å². The summed E-state index contributed by atoms with van der Waals surface area (Å²) in [5.41, 5.74) is 2.93. The van der Waals surface area contributed by atoms with Crippen LogP contribution in [0.1, 0.15) is 46.3 Å². The Labute approximate surface area is 228 Å². The van der Waals surface area contributed by atoms with E-state index in [1.807, 2.05) is 29.2 Å². The monoisotopic (exact) mass is 534 g/mol. The number of aryl methyl sites for hydroxylation is 1. The first kappa shape index (κ1) is 26.2. The fraction of sp³-hybridized carbons (Fsp3) is 0.355. The standard InChI is InChI=1S/C31H32ClFN2O3/c1-22-9-10-24(17-28(22)33)30(37)34-15-12-31(13-16-34,21-38-27-8-4-7-26(32)18-27)19-29(36)35-14-11-23-5-2-3-6-25(23)20-35/h2-10,17-18H,11-16,19-21H2,1H3. The average molecular weight is 535 g/mol. The molecule has 0 spiro atoms. The molecule has 0 radical (unpaired) electrons. The van der Waals surface area contributed by atoms with Gasteiger partial charge in [0.05, 0.1) is 6.61 Å². The topological polar surface area (TPSA) is 49.9 Å².